The van der Waals surface area contributed by atoms with Crippen LogP contribution >= 0.6 is 0 Å². The summed E-state index contributed by atoms with van der Waals surface area (Å²) in [7, 11) is 1.78. The molecule has 11 heavy (non-hydrogen) atoms. The maximum atomic E-state index is 13.0. The molecule has 0 saturated heterocycles. The SMILES string of the molecule is Cn1cnc2cccc(F)c21. The molecule has 2 aromatic rings. The van der Waals surface area contributed by atoms with E-state index in [1.165, 1.54) is 6.07 Å². The number of hydrogen-bond acceptors (Lipinski definition) is 1. The second-order valence-corrected chi connectivity index (χ2v) is 2.46. The van der Waals surface area contributed by atoms with E-state index in [1.54, 1.807) is 30.1 Å². The Bertz CT molecular complexity index is 392. The van der Waals surface area contributed by atoms with E-state index in [-0.39, 0.29) is 5.82 Å². The Hall–Kier alpha value is -1.38. The van der Waals surface area contributed by atoms with Crippen LogP contribution in [0.5, 0.6) is 0 Å². The first-order valence-electron chi connectivity index (χ1n) is 3.34. The van der Waals surface area contributed by atoms with Gasteiger partial charge in [-0.15, -0.1) is 0 Å². The van der Waals surface area contributed by atoms with Crippen LogP contribution in [-0.4, -0.2) is 9.55 Å². The molecule has 1 aromatic carbocycles. The summed E-state index contributed by atoms with van der Waals surface area (Å²) < 4.78 is 14.7. The van der Waals surface area contributed by atoms with Crippen molar-refractivity contribution in [1.29, 1.82) is 0 Å². The third kappa shape index (κ3) is 0.808. The molecule has 0 unspecified atom stereocenters. The average Bonchev–Trinajstić information content (AvgIpc) is 2.34. The minimum Gasteiger partial charge on any atom is -0.331 e. The van der Waals surface area contributed by atoms with Crippen LogP contribution in [-0.2, 0) is 7.05 Å². The number of aromatic nitrogens is 2. The predicted molar refractivity (Wildman–Crippen MR) is 40.7 cm³/mol. The summed E-state index contributed by atoms with van der Waals surface area (Å²) >= 11 is 0. The van der Waals surface area contributed by atoms with Crippen molar-refractivity contribution in [2.45, 2.75) is 0 Å². The number of para-hydroxylation sites is 1. The molecule has 56 valence electrons. The molecule has 1 heterocycles. The number of benzene rings is 1. The van der Waals surface area contributed by atoms with Crippen LogP contribution < -0.4 is 0 Å². The number of hydrogen-bond donors (Lipinski definition) is 0. The fourth-order valence-electron chi connectivity index (χ4n) is 1.16. The number of aryl methyl sites for hydroxylation is 1. The highest BCUT2D eigenvalue weighted by atomic mass is 19.1. The van der Waals surface area contributed by atoms with Crippen molar-refractivity contribution in [3.05, 3.63) is 30.3 Å². The first kappa shape index (κ1) is 6.34. The molecular weight excluding hydrogens is 143 g/mol. The highest BCUT2D eigenvalue weighted by molar-refractivity contribution is 5.75. The summed E-state index contributed by atoms with van der Waals surface area (Å²) in [6.07, 6.45) is 1.60. The van der Waals surface area contributed by atoms with E-state index in [9.17, 15) is 4.39 Å². The highest BCUT2D eigenvalue weighted by Gasteiger charge is 2.02. The Morgan fingerprint density at radius 1 is 1.45 bits per heavy atom. The normalized spacial score (nSPS) is 10.7. The van der Waals surface area contributed by atoms with E-state index in [4.69, 9.17) is 0 Å². The summed E-state index contributed by atoms with van der Waals surface area (Å²) in [5.74, 6) is -0.220. The molecule has 0 aliphatic carbocycles. The Morgan fingerprint density at radius 2 is 2.27 bits per heavy atom. The maximum Gasteiger partial charge on any atom is 0.149 e. The van der Waals surface area contributed by atoms with Gasteiger partial charge < -0.3 is 4.57 Å². The Morgan fingerprint density at radius 3 is 3.00 bits per heavy atom. The fraction of sp³-hybridized carbons (Fsp3) is 0.125. The average molecular weight is 150 g/mol. The van der Waals surface area contributed by atoms with Crippen molar-refractivity contribution in [3.63, 3.8) is 0 Å². The summed E-state index contributed by atoms with van der Waals surface area (Å²) in [6, 6.07) is 4.88. The lowest BCUT2D eigenvalue weighted by Crippen LogP contribution is -1.86. The van der Waals surface area contributed by atoms with Crippen LogP contribution in [0.2, 0.25) is 0 Å². The van der Waals surface area contributed by atoms with Crippen molar-refractivity contribution in [2.24, 2.45) is 7.05 Å². The lowest BCUT2D eigenvalue weighted by atomic mass is 10.3. The van der Waals surface area contributed by atoms with Crippen LogP contribution in [0.4, 0.5) is 4.39 Å². The van der Waals surface area contributed by atoms with Gasteiger partial charge in [0.15, 0.2) is 0 Å². The molecule has 0 N–H and O–H groups in total. The molecule has 0 fully saturated rings. The van der Waals surface area contributed by atoms with Gasteiger partial charge >= 0.3 is 0 Å². The molecule has 0 amide bonds. The van der Waals surface area contributed by atoms with Crippen LogP contribution in [0.15, 0.2) is 24.5 Å². The van der Waals surface area contributed by atoms with Crippen molar-refractivity contribution in [2.75, 3.05) is 0 Å². The second kappa shape index (κ2) is 2.05. The van der Waals surface area contributed by atoms with Gasteiger partial charge in [0.1, 0.15) is 11.3 Å². The lowest BCUT2D eigenvalue weighted by Gasteiger charge is -1.93. The Labute approximate surface area is 63.3 Å². The van der Waals surface area contributed by atoms with E-state index >= 15 is 0 Å². The summed E-state index contributed by atoms with van der Waals surface area (Å²) in [5, 5.41) is 0. The maximum absolute atomic E-state index is 13.0. The van der Waals surface area contributed by atoms with E-state index < -0.39 is 0 Å². The summed E-state index contributed by atoms with van der Waals surface area (Å²) in [6.45, 7) is 0. The Kier molecular flexibility index (Phi) is 1.18. The number of halogens is 1. The van der Waals surface area contributed by atoms with E-state index in [1.807, 2.05) is 0 Å². The van der Waals surface area contributed by atoms with Crippen LogP contribution in [0, 0.1) is 5.82 Å². The first-order chi connectivity index (χ1) is 5.29. The van der Waals surface area contributed by atoms with Gasteiger partial charge in [0, 0.05) is 7.05 Å². The standard InChI is InChI=1S/C8H7FN2/c1-11-5-10-7-4-2-3-6(9)8(7)11/h2-5H,1H3. The minimum atomic E-state index is -0.220. The molecular formula is C8H7FN2. The minimum absolute atomic E-state index is 0.220. The van der Waals surface area contributed by atoms with Gasteiger partial charge in [-0.05, 0) is 12.1 Å². The van der Waals surface area contributed by atoms with Crippen LogP contribution in [0.25, 0.3) is 11.0 Å². The second-order valence-electron chi connectivity index (χ2n) is 2.46. The van der Waals surface area contributed by atoms with Crippen molar-refractivity contribution in [3.8, 4) is 0 Å². The highest BCUT2D eigenvalue weighted by Crippen LogP contribution is 2.14. The van der Waals surface area contributed by atoms with Gasteiger partial charge in [-0.2, -0.15) is 0 Å². The quantitative estimate of drug-likeness (QED) is 0.559. The fourth-order valence-corrected chi connectivity index (χ4v) is 1.16. The summed E-state index contributed by atoms with van der Waals surface area (Å²) in [4.78, 5) is 4.00. The lowest BCUT2D eigenvalue weighted by molar-refractivity contribution is 0.632. The molecule has 0 saturated carbocycles. The number of imidazole rings is 1. The zero-order chi connectivity index (χ0) is 7.84. The number of fused-ring (bicyclic) bond motifs is 1. The Balaban J connectivity index is 2.96. The van der Waals surface area contributed by atoms with Crippen molar-refractivity contribution < 1.29 is 4.39 Å². The largest absolute Gasteiger partial charge is 0.331 e. The van der Waals surface area contributed by atoms with Gasteiger partial charge in [-0.3, -0.25) is 0 Å². The van der Waals surface area contributed by atoms with Crippen molar-refractivity contribution >= 4 is 11.0 Å². The molecule has 0 atom stereocenters. The van der Waals surface area contributed by atoms with E-state index in [0.29, 0.717) is 11.0 Å². The predicted octanol–water partition coefficient (Wildman–Crippen LogP) is 1.71. The molecule has 0 bridgehead atoms. The van der Waals surface area contributed by atoms with Gasteiger partial charge in [0.25, 0.3) is 0 Å². The van der Waals surface area contributed by atoms with Gasteiger partial charge in [0.05, 0.1) is 11.8 Å². The third-order valence-electron chi connectivity index (χ3n) is 1.69. The smallest absolute Gasteiger partial charge is 0.149 e. The third-order valence-corrected chi connectivity index (χ3v) is 1.69. The van der Waals surface area contributed by atoms with Gasteiger partial charge in [-0.1, -0.05) is 6.07 Å². The molecule has 2 rings (SSSR count). The molecule has 2 nitrogen and oxygen atoms in total. The number of nitrogens with zero attached hydrogens (tertiary/aromatic N) is 2. The molecule has 0 aliphatic heterocycles. The van der Waals surface area contributed by atoms with Crippen LogP contribution in [0.3, 0.4) is 0 Å². The molecule has 0 spiro atoms. The first-order valence-corrected chi connectivity index (χ1v) is 3.34. The summed E-state index contributed by atoms with van der Waals surface area (Å²) in [5.41, 5.74) is 1.26. The number of rotatable bonds is 0. The van der Waals surface area contributed by atoms with Gasteiger partial charge in [0.2, 0.25) is 0 Å². The van der Waals surface area contributed by atoms with E-state index in [0.717, 1.165) is 0 Å². The molecule has 3 heteroatoms. The topological polar surface area (TPSA) is 17.8 Å². The zero-order valence-electron chi connectivity index (χ0n) is 6.08. The zero-order valence-corrected chi connectivity index (χ0v) is 6.08. The molecule has 0 aliphatic rings. The van der Waals surface area contributed by atoms with Crippen LogP contribution in [0.1, 0.15) is 0 Å². The van der Waals surface area contributed by atoms with Crippen molar-refractivity contribution in [1.82, 2.24) is 9.55 Å². The monoisotopic (exact) mass is 150 g/mol. The molecule has 0 radical (unpaired) electrons. The van der Waals surface area contributed by atoms with E-state index in [2.05, 4.69) is 4.98 Å². The van der Waals surface area contributed by atoms with Gasteiger partial charge in [-0.25, -0.2) is 9.37 Å². The molecule has 1 aromatic heterocycles.